The highest BCUT2D eigenvalue weighted by Crippen LogP contribution is 2.16. The number of hydroxylamine groups is 1. The van der Waals surface area contributed by atoms with E-state index in [1.807, 2.05) is 6.07 Å². The van der Waals surface area contributed by atoms with Gasteiger partial charge in [-0.1, -0.05) is 11.6 Å². The second kappa shape index (κ2) is 3.33. The summed E-state index contributed by atoms with van der Waals surface area (Å²) in [5.74, 6) is 0. The number of fused-ring (bicyclic) bond motifs is 1. The highest BCUT2D eigenvalue weighted by Gasteiger charge is 2.01. The molecule has 0 fully saturated rings. The predicted octanol–water partition coefficient (Wildman–Crippen LogP) is 1.70. The molecular weight excluding hydrogens is 190 g/mol. The van der Waals surface area contributed by atoms with Gasteiger partial charge >= 0.3 is 0 Å². The van der Waals surface area contributed by atoms with Crippen molar-refractivity contribution in [3.05, 3.63) is 29.0 Å². The molecule has 0 spiro atoms. The minimum Gasteiger partial charge on any atom is -0.356 e. The largest absolute Gasteiger partial charge is 0.356 e. The van der Waals surface area contributed by atoms with Gasteiger partial charge in [0.1, 0.15) is 0 Å². The van der Waals surface area contributed by atoms with E-state index in [0.29, 0.717) is 11.6 Å². The molecule has 2 aromatic rings. The van der Waals surface area contributed by atoms with Crippen LogP contribution in [0.4, 0.5) is 0 Å². The lowest BCUT2D eigenvalue weighted by molar-refractivity contribution is 0.160. The smallest absolute Gasteiger partial charge is 0.0883 e. The van der Waals surface area contributed by atoms with E-state index in [1.165, 1.54) is 0 Å². The number of rotatable bonds is 2. The SMILES string of the molecule is ONCc1cc2ncc(Cl)cc2[nH]1. The van der Waals surface area contributed by atoms with E-state index in [0.717, 1.165) is 16.7 Å². The molecular formula is C8H8ClN3O. The molecule has 0 aliphatic rings. The molecule has 68 valence electrons. The van der Waals surface area contributed by atoms with E-state index in [-0.39, 0.29) is 0 Å². The number of halogens is 1. The van der Waals surface area contributed by atoms with E-state index in [2.05, 4.69) is 15.4 Å². The summed E-state index contributed by atoms with van der Waals surface area (Å²) in [4.78, 5) is 7.18. The first-order valence-electron chi connectivity index (χ1n) is 3.79. The van der Waals surface area contributed by atoms with Crippen molar-refractivity contribution < 1.29 is 5.21 Å². The van der Waals surface area contributed by atoms with Crippen molar-refractivity contribution in [3.63, 3.8) is 0 Å². The lowest BCUT2D eigenvalue weighted by atomic mass is 10.4. The van der Waals surface area contributed by atoms with Crippen LogP contribution in [0.15, 0.2) is 18.3 Å². The van der Waals surface area contributed by atoms with Crippen LogP contribution >= 0.6 is 11.6 Å². The van der Waals surface area contributed by atoms with E-state index in [9.17, 15) is 0 Å². The van der Waals surface area contributed by atoms with E-state index in [4.69, 9.17) is 16.8 Å². The summed E-state index contributed by atoms with van der Waals surface area (Å²) in [5.41, 5.74) is 4.65. The van der Waals surface area contributed by atoms with Gasteiger partial charge in [0.2, 0.25) is 0 Å². The second-order valence-electron chi connectivity index (χ2n) is 2.72. The molecule has 4 nitrogen and oxygen atoms in total. The Morgan fingerprint density at radius 1 is 1.54 bits per heavy atom. The Balaban J connectivity index is 2.49. The Labute approximate surface area is 79.5 Å². The number of nitrogens with one attached hydrogen (secondary N) is 2. The topological polar surface area (TPSA) is 60.9 Å². The molecule has 0 aromatic carbocycles. The summed E-state index contributed by atoms with van der Waals surface area (Å²) >= 11 is 5.76. The minimum absolute atomic E-state index is 0.369. The van der Waals surface area contributed by atoms with Gasteiger partial charge in [0, 0.05) is 11.9 Å². The van der Waals surface area contributed by atoms with Crippen LogP contribution in [-0.2, 0) is 6.54 Å². The number of pyridine rings is 1. The van der Waals surface area contributed by atoms with Crippen LogP contribution in [0.3, 0.4) is 0 Å². The molecule has 0 radical (unpaired) electrons. The molecule has 5 heteroatoms. The predicted molar refractivity (Wildman–Crippen MR) is 49.7 cm³/mol. The first-order chi connectivity index (χ1) is 6.29. The Bertz CT molecular complexity index is 426. The number of H-pyrrole nitrogens is 1. The Kier molecular flexibility index (Phi) is 2.18. The quantitative estimate of drug-likeness (QED) is 0.643. The van der Waals surface area contributed by atoms with Gasteiger partial charge in [-0.15, -0.1) is 0 Å². The molecule has 2 rings (SSSR count). The van der Waals surface area contributed by atoms with Gasteiger partial charge in [-0.05, 0) is 12.1 Å². The normalized spacial score (nSPS) is 10.9. The minimum atomic E-state index is 0.369. The molecule has 0 atom stereocenters. The summed E-state index contributed by atoms with van der Waals surface area (Å²) < 4.78 is 0. The summed E-state index contributed by atoms with van der Waals surface area (Å²) in [5, 5.41) is 9.08. The van der Waals surface area contributed by atoms with Gasteiger partial charge in [-0.25, -0.2) is 0 Å². The van der Waals surface area contributed by atoms with Crippen molar-refractivity contribution in [1.29, 1.82) is 0 Å². The first-order valence-corrected chi connectivity index (χ1v) is 4.17. The van der Waals surface area contributed by atoms with Gasteiger partial charge < -0.3 is 10.2 Å². The zero-order valence-electron chi connectivity index (χ0n) is 6.71. The lowest BCUT2D eigenvalue weighted by Gasteiger charge is -1.91. The van der Waals surface area contributed by atoms with E-state index >= 15 is 0 Å². The third kappa shape index (κ3) is 1.65. The van der Waals surface area contributed by atoms with Gasteiger partial charge in [0.05, 0.1) is 22.6 Å². The highest BCUT2D eigenvalue weighted by molar-refractivity contribution is 6.31. The Hall–Kier alpha value is -1.10. The fourth-order valence-electron chi connectivity index (χ4n) is 1.22. The van der Waals surface area contributed by atoms with Crippen molar-refractivity contribution in [3.8, 4) is 0 Å². The average Bonchev–Trinajstić information content (AvgIpc) is 2.46. The van der Waals surface area contributed by atoms with Crippen molar-refractivity contribution in [2.45, 2.75) is 6.54 Å². The lowest BCUT2D eigenvalue weighted by Crippen LogP contribution is -2.05. The van der Waals surface area contributed by atoms with Crippen molar-refractivity contribution in [2.75, 3.05) is 0 Å². The maximum Gasteiger partial charge on any atom is 0.0883 e. The van der Waals surface area contributed by atoms with Crippen LogP contribution in [0.1, 0.15) is 5.69 Å². The van der Waals surface area contributed by atoms with Gasteiger partial charge in [0.25, 0.3) is 0 Å². The van der Waals surface area contributed by atoms with Crippen LogP contribution in [0, 0.1) is 0 Å². The summed E-state index contributed by atoms with van der Waals surface area (Å²) in [7, 11) is 0. The molecule has 2 aromatic heterocycles. The number of nitrogens with zero attached hydrogens (tertiary/aromatic N) is 1. The van der Waals surface area contributed by atoms with Gasteiger partial charge in [0.15, 0.2) is 0 Å². The number of aromatic amines is 1. The molecule has 0 saturated heterocycles. The molecule has 3 N–H and O–H groups in total. The fraction of sp³-hybridized carbons (Fsp3) is 0.125. The van der Waals surface area contributed by atoms with Crippen LogP contribution in [0.5, 0.6) is 0 Å². The Morgan fingerprint density at radius 3 is 3.15 bits per heavy atom. The molecule has 0 amide bonds. The molecule has 0 bridgehead atoms. The number of hydrogen-bond donors (Lipinski definition) is 3. The monoisotopic (exact) mass is 197 g/mol. The molecule has 0 aliphatic carbocycles. The van der Waals surface area contributed by atoms with Crippen molar-refractivity contribution >= 4 is 22.6 Å². The molecule has 13 heavy (non-hydrogen) atoms. The maximum atomic E-state index is 8.48. The fourth-order valence-corrected chi connectivity index (χ4v) is 1.38. The summed E-state index contributed by atoms with van der Waals surface area (Å²) in [6.07, 6.45) is 1.59. The Morgan fingerprint density at radius 2 is 2.38 bits per heavy atom. The van der Waals surface area contributed by atoms with Crippen LogP contribution in [0.2, 0.25) is 5.02 Å². The van der Waals surface area contributed by atoms with Crippen molar-refractivity contribution in [2.24, 2.45) is 0 Å². The third-order valence-corrected chi connectivity index (χ3v) is 1.97. The van der Waals surface area contributed by atoms with Crippen molar-refractivity contribution in [1.82, 2.24) is 15.4 Å². The van der Waals surface area contributed by atoms with Crippen LogP contribution in [-0.4, -0.2) is 15.2 Å². The number of hydrogen-bond acceptors (Lipinski definition) is 3. The van der Waals surface area contributed by atoms with E-state index < -0.39 is 0 Å². The molecule has 0 unspecified atom stereocenters. The standard InChI is InChI=1S/C8H8ClN3O/c9-5-1-8-7(10-3-5)2-6(12-8)4-11-13/h1-3,11-13H,4H2. The number of aromatic nitrogens is 2. The summed E-state index contributed by atoms with van der Waals surface area (Å²) in [6.45, 7) is 0.369. The van der Waals surface area contributed by atoms with Crippen LogP contribution in [0.25, 0.3) is 11.0 Å². The average molecular weight is 198 g/mol. The molecule has 0 aliphatic heterocycles. The van der Waals surface area contributed by atoms with Crippen LogP contribution < -0.4 is 5.48 Å². The zero-order valence-corrected chi connectivity index (χ0v) is 7.47. The summed E-state index contributed by atoms with van der Waals surface area (Å²) in [6, 6.07) is 3.65. The highest BCUT2D eigenvalue weighted by atomic mass is 35.5. The van der Waals surface area contributed by atoms with E-state index in [1.54, 1.807) is 12.3 Å². The van der Waals surface area contributed by atoms with Gasteiger partial charge in [-0.2, -0.15) is 5.48 Å². The van der Waals surface area contributed by atoms with Gasteiger partial charge in [-0.3, -0.25) is 4.98 Å². The second-order valence-corrected chi connectivity index (χ2v) is 3.15. The first kappa shape index (κ1) is 8.50. The molecule has 0 saturated carbocycles. The maximum absolute atomic E-state index is 8.48. The molecule has 2 heterocycles. The third-order valence-electron chi connectivity index (χ3n) is 1.76. The zero-order chi connectivity index (χ0) is 9.26.